The number of hydrogen-bond donors (Lipinski definition) is 0. The van der Waals surface area contributed by atoms with E-state index < -0.39 is 0 Å². The molecule has 0 aromatic carbocycles. The molecule has 86 valence electrons. The van der Waals surface area contributed by atoms with Gasteiger partial charge in [0.25, 0.3) is 0 Å². The van der Waals surface area contributed by atoms with Gasteiger partial charge in [-0.25, -0.2) is 0 Å². The van der Waals surface area contributed by atoms with Crippen LogP contribution in [0.15, 0.2) is 24.4 Å². The first kappa shape index (κ1) is 11.3. The highest BCUT2D eigenvalue weighted by molar-refractivity contribution is 5.83. The van der Waals surface area contributed by atoms with Crippen molar-refractivity contribution in [3.8, 4) is 0 Å². The fourth-order valence-corrected chi connectivity index (χ4v) is 2.56. The van der Waals surface area contributed by atoms with Crippen LogP contribution >= 0.6 is 0 Å². The van der Waals surface area contributed by atoms with Gasteiger partial charge in [0.1, 0.15) is 5.78 Å². The number of carbonyl (C=O) groups is 1. The average Bonchev–Trinajstić information content (AvgIpc) is 2.79. The van der Waals surface area contributed by atoms with E-state index >= 15 is 0 Å². The van der Waals surface area contributed by atoms with Crippen molar-refractivity contribution in [1.29, 1.82) is 0 Å². The quantitative estimate of drug-likeness (QED) is 0.776. The first-order valence-electron chi connectivity index (χ1n) is 6.22. The lowest BCUT2D eigenvalue weighted by molar-refractivity contribution is -0.122. The van der Waals surface area contributed by atoms with Gasteiger partial charge in [0.05, 0.1) is 0 Å². The summed E-state index contributed by atoms with van der Waals surface area (Å²) in [5.74, 6) is 1.46. The van der Waals surface area contributed by atoms with Crippen molar-refractivity contribution in [2.75, 3.05) is 0 Å². The van der Waals surface area contributed by atoms with Gasteiger partial charge >= 0.3 is 0 Å². The minimum absolute atomic E-state index is 0.298. The van der Waals surface area contributed by atoms with Gasteiger partial charge in [0.2, 0.25) is 0 Å². The first-order valence-corrected chi connectivity index (χ1v) is 6.22. The van der Waals surface area contributed by atoms with E-state index in [9.17, 15) is 4.79 Å². The molecule has 1 heterocycles. The second kappa shape index (κ2) is 5.24. The number of carbonyl (C=O) groups excluding carboxylic acids is 1. The smallest absolute Gasteiger partial charge is 0.141 e. The molecule has 1 aliphatic carbocycles. The number of aromatic nitrogens is 1. The highest BCUT2D eigenvalue weighted by Crippen LogP contribution is 2.33. The Bertz CT molecular complexity index is 347. The third-order valence-corrected chi connectivity index (χ3v) is 3.66. The molecule has 2 nitrogen and oxygen atoms in total. The maximum absolute atomic E-state index is 12.0. The molecule has 1 aliphatic rings. The molecular weight excluding hydrogens is 198 g/mol. The van der Waals surface area contributed by atoms with Crippen molar-refractivity contribution < 1.29 is 4.79 Å². The van der Waals surface area contributed by atoms with Crippen molar-refractivity contribution in [1.82, 2.24) is 4.98 Å². The summed E-state index contributed by atoms with van der Waals surface area (Å²) in [5.41, 5.74) is 0.910. The number of Topliss-reactive ketones (excluding diaryl/α,β-unsaturated/α-hetero) is 1. The predicted molar refractivity (Wildman–Crippen MR) is 64.1 cm³/mol. The number of pyridine rings is 1. The fourth-order valence-electron chi connectivity index (χ4n) is 2.56. The summed E-state index contributed by atoms with van der Waals surface area (Å²) >= 11 is 0. The maximum atomic E-state index is 12.0. The standard InChI is InChI=1S/C14H19NO/c1-2-11-6-7-12(9-11)14(16)10-13-5-3-4-8-15-13/h3-5,8,11-12H,2,6-7,9-10H2,1H3. The van der Waals surface area contributed by atoms with Crippen molar-refractivity contribution in [2.24, 2.45) is 11.8 Å². The molecule has 0 amide bonds. The van der Waals surface area contributed by atoms with Crippen LogP contribution in [0, 0.1) is 11.8 Å². The lowest BCUT2D eigenvalue weighted by atomic mass is 9.96. The Labute approximate surface area is 97.1 Å². The van der Waals surface area contributed by atoms with Crippen LogP contribution in [-0.4, -0.2) is 10.8 Å². The van der Waals surface area contributed by atoms with E-state index in [2.05, 4.69) is 11.9 Å². The molecule has 16 heavy (non-hydrogen) atoms. The molecule has 0 radical (unpaired) electrons. The van der Waals surface area contributed by atoms with Crippen LogP contribution in [0.25, 0.3) is 0 Å². The average molecular weight is 217 g/mol. The minimum atomic E-state index is 0.298. The van der Waals surface area contributed by atoms with Gasteiger partial charge in [0, 0.05) is 24.2 Å². The normalized spacial score (nSPS) is 24.6. The summed E-state index contributed by atoms with van der Waals surface area (Å²) in [6.07, 6.45) is 6.91. The van der Waals surface area contributed by atoms with E-state index in [0.717, 1.165) is 24.5 Å². The summed E-state index contributed by atoms with van der Waals surface area (Å²) < 4.78 is 0. The Morgan fingerprint density at radius 3 is 2.94 bits per heavy atom. The largest absolute Gasteiger partial charge is 0.299 e. The number of ketones is 1. The van der Waals surface area contributed by atoms with Gasteiger partial charge in [-0.15, -0.1) is 0 Å². The molecule has 1 aromatic rings. The van der Waals surface area contributed by atoms with Crippen molar-refractivity contribution in [2.45, 2.75) is 39.0 Å². The second-order valence-corrected chi connectivity index (χ2v) is 4.75. The summed E-state index contributed by atoms with van der Waals surface area (Å²) in [6.45, 7) is 2.22. The van der Waals surface area contributed by atoms with Gasteiger partial charge in [-0.1, -0.05) is 19.4 Å². The zero-order valence-corrected chi connectivity index (χ0v) is 9.86. The van der Waals surface area contributed by atoms with E-state index in [0.29, 0.717) is 18.1 Å². The predicted octanol–water partition coefficient (Wildman–Crippen LogP) is 3.02. The van der Waals surface area contributed by atoms with E-state index in [4.69, 9.17) is 0 Å². The Hall–Kier alpha value is -1.18. The van der Waals surface area contributed by atoms with Crippen molar-refractivity contribution >= 4 is 5.78 Å². The lowest BCUT2D eigenvalue weighted by Crippen LogP contribution is -2.14. The van der Waals surface area contributed by atoms with Crippen molar-refractivity contribution in [3.05, 3.63) is 30.1 Å². The van der Waals surface area contributed by atoms with Crippen LogP contribution in [0.1, 0.15) is 38.3 Å². The molecule has 2 heteroatoms. The molecule has 0 N–H and O–H groups in total. The van der Waals surface area contributed by atoms with Crippen molar-refractivity contribution in [3.63, 3.8) is 0 Å². The molecule has 2 unspecified atom stereocenters. The topological polar surface area (TPSA) is 30.0 Å². The second-order valence-electron chi connectivity index (χ2n) is 4.75. The van der Waals surface area contributed by atoms with E-state index in [-0.39, 0.29) is 0 Å². The Kier molecular flexibility index (Phi) is 3.70. The van der Waals surface area contributed by atoms with E-state index in [1.165, 1.54) is 12.8 Å². The van der Waals surface area contributed by atoms with Crippen LogP contribution in [-0.2, 0) is 11.2 Å². The maximum Gasteiger partial charge on any atom is 0.141 e. The minimum Gasteiger partial charge on any atom is -0.299 e. The third-order valence-electron chi connectivity index (χ3n) is 3.66. The molecule has 1 aromatic heterocycles. The fraction of sp³-hybridized carbons (Fsp3) is 0.571. The van der Waals surface area contributed by atoms with Crippen LogP contribution < -0.4 is 0 Å². The first-order chi connectivity index (χ1) is 7.79. The van der Waals surface area contributed by atoms with Crippen LogP contribution in [0.3, 0.4) is 0 Å². The van der Waals surface area contributed by atoms with Gasteiger partial charge in [-0.2, -0.15) is 0 Å². The molecule has 1 fully saturated rings. The molecule has 0 aliphatic heterocycles. The Balaban J connectivity index is 1.90. The summed E-state index contributed by atoms with van der Waals surface area (Å²) in [4.78, 5) is 16.2. The lowest BCUT2D eigenvalue weighted by Gasteiger charge is -2.08. The third kappa shape index (κ3) is 2.69. The van der Waals surface area contributed by atoms with Gasteiger partial charge in [-0.05, 0) is 37.3 Å². The van der Waals surface area contributed by atoms with E-state index in [1.54, 1.807) is 6.20 Å². The SMILES string of the molecule is CCC1CCC(C(=O)Cc2ccccn2)C1. The highest BCUT2D eigenvalue weighted by Gasteiger charge is 2.28. The highest BCUT2D eigenvalue weighted by atomic mass is 16.1. The van der Waals surface area contributed by atoms with Gasteiger partial charge < -0.3 is 0 Å². The number of rotatable bonds is 4. The zero-order valence-electron chi connectivity index (χ0n) is 9.86. The number of hydrogen-bond acceptors (Lipinski definition) is 2. The summed E-state index contributed by atoms with van der Waals surface area (Å²) in [5, 5.41) is 0. The van der Waals surface area contributed by atoms with Crippen LogP contribution in [0.4, 0.5) is 0 Å². The molecule has 1 saturated carbocycles. The molecular formula is C14H19NO. The zero-order chi connectivity index (χ0) is 11.4. The van der Waals surface area contributed by atoms with Crippen LogP contribution in [0.2, 0.25) is 0 Å². The van der Waals surface area contributed by atoms with E-state index in [1.807, 2.05) is 18.2 Å². The summed E-state index contributed by atoms with van der Waals surface area (Å²) in [7, 11) is 0. The van der Waals surface area contributed by atoms with Crippen LogP contribution in [0.5, 0.6) is 0 Å². The Morgan fingerprint density at radius 2 is 2.31 bits per heavy atom. The number of nitrogens with zero attached hydrogens (tertiary/aromatic N) is 1. The molecule has 2 rings (SSSR count). The monoisotopic (exact) mass is 217 g/mol. The summed E-state index contributed by atoms with van der Waals surface area (Å²) in [6, 6.07) is 5.76. The van der Waals surface area contributed by atoms with Gasteiger partial charge in [-0.3, -0.25) is 9.78 Å². The van der Waals surface area contributed by atoms with Gasteiger partial charge in [0.15, 0.2) is 0 Å². The molecule has 2 atom stereocenters. The molecule has 0 spiro atoms. The molecule has 0 saturated heterocycles. The molecule has 0 bridgehead atoms. The Morgan fingerprint density at radius 1 is 1.44 bits per heavy atom.